The Labute approximate surface area is 167 Å². The average Bonchev–Trinajstić information content (AvgIpc) is 2.73. The number of halogens is 1. The quantitative estimate of drug-likeness (QED) is 0.567. The fourth-order valence-electron chi connectivity index (χ4n) is 2.98. The summed E-state index contributed by atoms with van der Waals surface area (Å²) in [5.41, 5.74) is 9.63. The van der Waals surface area contributed by atoms with Gasteiger partial charge in [-0.2, -0.15) is 5.10 Å². The largest absolute Gasteiger partial charge is 0.382 e. The molecule has 0 atom stereocenters. The van der Waals surface area contributed by atoms with E-state index in [0.29, 0.717) is 28.5 Å². The van der Waals surface area contributed by atoms with E-state index >= 15 is 0 Å². The summed E-state index contributed by atoms with van der Waals surface area (Å²) in [6.07, 6.45) is 0. The summed E-state index contributed by atoms with van der Waals surface area (Å²) in [6, 6.07) is 24.3. The second kappa shape index (κ2) is 7.66. The zero-order chi connectivity index (χ0) is 19.5. The first-order valence-electron chi connectivity index (χ1n) is 8.76. The minimum Gasteiger partial charge on any atom is -0.382 e. The summed E-state index contributed by atoms with van der Waals surface area (Å²) < 4.78 is 1.43. The molecule has 28 heavy (non-hydrogen) atoms. The Kier molecular flexibility index (Phi) is 4.91. The lowest BCUT2D eigenvalue weighted by Crippen LogP contribution is -2.22. The average molecular weight is 389 g/mol. The van der Waals surface area contributed by atoms with E-state index in [-0.39, 0.29) is 11.4 Å². The number of anilines is 1. The maximum absolute atomic E-state index is 12.3. The van der Waals surface area contributed by atoms with E-state index in [2.05, 4.69) is 10.1 Å². The molecule has 0 aliphatic carbocycles. The highest BCUT2D eigenvalue weighted by Gasteiger charge is 2.15. The highest BCUT2D eigenvalue weighted by molar-refractivity contribution is 6.33. The van der Waals surface area contributed by atoms with E-state index in [9.17, 15) is 4.79 Å². The van der Waals surface area contributed by atoms with Crippen LogP contribution >= 0.6 is 11.6 Å². The predicted molar refractivity (Wildman–Crippen MR) is 112 cm³/mol. The number of rotatable bonds is 4. The van der Waals surface area contributed by atoms with Crippen molar-refractivity contribution in [1.29, 1.82) is 0 Å². The van der Waals surface area contributed by atoms with Gasteiger partial charge in [0.2, 0.25) is 0 Å². The highest BCUT2D eigenvalue weighted by atomic mass is 35.5. The van der Waals surface area contributed by atoms with E-state index < -0.39 is 0 Å². The molecular formula is C22H17ClN4O. The van der Waals surface area contributed by atoms with E-state index in [0.717, 1.165) is 11.1 Å². The Hall–Kier alpha value is -3.44. The van der Waals surface area contributed by atoms with Crippen molar-refractivity contribution in [3.63, 3.8) is 0 Å². The van der Waals surface area contributed by atoms with Gasteiger partial charge < -0.3 is 5.73 Å². The third-order valence-corrected chi connectivity index (χ3v) is 4.67. The van der Waals surface area contributed by atoms with Gasteiger partial charge in [-0.25, -0.2) is 9.67 Å². The van der Waals surface area contributed by atoms with Gasteiger partial charge in [0.05, 0.1) is 23.0 Å². The molecule has 2 aromatic carbocycles. The minimum atomic E-state index is -0.177. The number of nitrogen functional groups attached to an aromatic ring is 1. The second-order valence-electron chi connectivity index (χ2n) is 6.32. The monoisotopic (exact) mass is 388 g/mol. The first-order valence-corrected chi connectivity index (χ1v) is 9.13. The molecule has 2 N–H and O–H groups in total. The molecule has 138 valence electrons. The van der Waals surface area contributed by atoms with Gasteiger partial charge in [0.15, 0.2) is 0 Å². The number of hydrogen-bond acceptors (Lipinski definition) is 4. The number of pyridine rings is 1. The number of aromatic nitrogens is 3. The molecule has 0 saturated carbocycles. The van der Waals surface area contributed by atoms with E-state index in [1.807, 2.05) is 60.7 Å². The Morgan fingerprint density at radius 3 is 2.32 bits per heavy atom. The van der Waals surface area contributed by atoms with Gasteiger partial charge in [-0.3, -0.25) is 4.79 Å². The van der Waals surface area contributed by atoms with Crippen LogP contribution in [-0.4, -0.2) is 14.8 Å². The van der Waals surface area contributed by atoms with Crippen molar-refractivity contribution in [2.75, 3.05) is 5.73 Å². The van der Waals surface area contributed by atoms with Crippen molar-refractivity contribution in [1.82, 2.24) is 14.8 Å². The summed E-state index contributed by atoms with van der Waals surface area (Å²) in [7, 11) is 0. The van der Waals surface area contributed by atoms with Crippen molar-refractivity contribution in [3.05, 3.63) is 99.8 Å². The van der Waals surface area contributed by atoms with Gasteiger partial charge in [-0.15, -0.1) is 0 Å². The van der Waals surface area contributed by atoms with Gasteiger partial charge in [0.1, 0.15) is 5.82 Å². The molecule has 2 aromatic heterocycles. The van der Waals surface area contributed by atoms with Gasteiger partial charge in [-0.05, 0) is 17.7 Å². The van der Waals surface area contributed by atoms with Crippen LogP contribution in [0.1, 0.15) is 5.56 Å². The van der Waals surface area contributed by atoms with Crippen molar-refractivity contribution < 1.29 is 0 Å². The van der Waals surface area contributed by atoms with Crippen molar-refractivity contribution in [2.45, 2.75) is 6.54 Å². The Morgan fingerprint density at radius 2 is 1.61 bits per heavy atom. The number of hydrogen-bond donors (Lipinski definition) is 1. The lowest BCUT2D eigenvalue weighted by atomic mass is 10.0. The molecule has 2 heterocycles. The SMILES string of the molecule is Nc1nc(-c2ccccc2)c(-c2ccc(=O)n(Cc3ccccc3)n2)cc1Cl. The van der Waals surface area contributed by atoms with Crippen LogP contribution in [0.25, 0.3) is 22.5 Å². The highest BCUT2D eigenvalue weighted by Crippen LogP contribution is 2.33. The van der Waals surface area contributed by atoms with E-state index in [1.165, 1.54) is 10.7 Å². The first-order chi connectivity index (χ1) is 13.6. The Balaban J connectivity index is 1.84. The zero-order valence-electron chi connectivity index (χ0n) is 14.9. The molecule has 0 aliphatic heterocycles. The molecule has 0 unspecified atom stereocenters. The maximum atomic E-state index is 12.3. The van der Waals surface area contributed by atoms with Crippen LogP contribution in [-0.2, 0) is 6.54 Å². The molecule has 6 heteroatoms. The lowest BCUT2D eigenvalue weighted by Gasteiger charge is -2.12. The summed E-state index contributed by atoms with van der Waals surface area (Å²) in [5, 5.41) is 4.90. The lowest BCUT2D eigenvalue weighted by molar-refractivity contribution is 0.643. The Bertz CT molecular complexity index is 1170. The zero-order valence-corrected chi connectivity index (χ0v) is 15.7. The summed E-state index contributed by atoms with van der Waals surface area (Å²) in [6.45, 7) is 0.379. The van der Waals surface area contributed by atoms with Crippen LogP contribution in [0.5, 0.6) is 0 Å². The molecule has 5 nitrogen and oxygen atoms in total. The Morgan fingerprint density at radius 1 is 0.929 bits per heavy atom. The summed E-state index contributed by atoms with van der Waals surface area (Å²) in [4.78, 5) is 16.8. The third-order valence-electron chi connectivity index (χ3n) is 4.37. The summed E-state index contributed by atoms with van der Waals surface area (Å²) in [5.74, 6) is 0.252. The molecule has 0 saturated heterocycles. The molecular weight excluding hydrogens is 372 g/mol. The topological polar surface area (TPSA) is 73.8 Å². The van der Waals surface area contributed by atoms with E-state index in [4.69, 9.17) is 17.3 Å². The fraction of sp³-hybridized carbons (Fsp3) is 0.0455. The normalized spacial score (nSPS) is 10.8. The van der Waals surface area contributed by atoms with Crippen LogP contribution < -0.4 is 11.3 Å². The second-order valence-corrected chi connectivity index (χ2v) is 6.72. The smallest absolute Gasteiger partial charge is 0.267 e. The van der Waals surface area contributed by atoms with Crippen molar-refractivity contribution >= 4 is 17.4 Å². The molecule has 0 fully saturated rings. The maximum Gasteiger partial charge on any atom is 0.267 e. The van der Waals surface area contributed by atoms with Crippen LogP contribution in [0, 0.1) is 0 Å². The molecule has 0 aliphatic rings. The standard InChI is InChI=1S/C22H17ClN4O/c23-18-13-17(21(25-22(18)24)16-9-5-2-6-10-16)19-11-12-20(28)27(26-19)14-15-7-3-1-4-8-15/h1-13H,14H2,(H2,24,25). The van der Waals surface area contributed by atoms with Gasteiger partial charge >= 0.3 is 0 Å². The van der Waals surface area contributed by atoms with Gasteiger partial charge in [0.25, 0.3) is 5.56 Å². The molecule has 0 spiro atoms. The molecule has 0 radical (unpaired) electrons. The molecule has 0 amide bonds. The number of nitrogens with zero attached hydrogens (tertiary/aromatic N) is 3. The number of benzene rings is 2. The van der Waals surface area contributed by atoms with Crippen LogP contribution in [0.3, 0.4) is 0 Å². The summed E-state index contributed by atoms with van der Waals surface area (Å²) >= 11 is 6.24. The van der Waals surface area contributed by atoms with Gasteiger partial charge in [0, 0.05) is 17.2 Å². The predicted octanol–water partition coefficient (Wildman–Crippen LogP) is 4.26. The fourth-order valence-corrected chi connectivity index (χ4v) is 3.13. The van der Waals surface area contributed by atoms with Gasteiger partial charge in [-0.1, -0.05) is 72.3 Å². The molecule has 4 rings (SSSR count). The van der Waals surface area contributed by atoms with Crippen LogP contribution in [0.4, 0.5) is 5.82 Å². The molecule has 4 aromatic rings. The van der Waals surface area contributed by atoms with Crippen molar-refractivity contribution in [2.24, 2.45) is 0 Å². The van der Waals surface area contributed by atoms with E-state index in [1.54, 1.807) is 12.1 Å². The van der Waals surface area contributed by atoms with Crippen molar-refractivity contribution in [3.8, 4) is 22.5 Å². The van der Waals surface area contributed by atoms with Crippen LogP contribution in [0.2, 0.25) is 5.02 Å². The third kappa shape index (κ3) is 3.66. The number of nitrogens with two attached hydrogens (primary N) is 1. The first kappa shape index (κ1) is 17.9. The molecule has 0 bridgehead atoms. The minimum absolute atomic E-state index is 0.177. The van der Waals surface area contributed by atoms with Crippen LogP contribution in [0.15, 0.2) is 83.7 Å².